The molecule has 32 heavy (non-hydrogen) atoms. The van der Waals surface area contributed by atoms with Crippen LogP contribution in [0, 0.1) is 6.92 Å². The van der Waals surface area contributed by atoms with Crippen molar-refractivity contribution in [1.29, 1.82) is 0 Å². The van der Waals surface area contributed by atoms with Crippen LogP contribution in [0.2, 0.25) is 0 Å². The molecule has 0 saturated carbocycles. The van der Waals surface area contributed by atoms with Gasteiger partial charge in [-0.1, -0.05) is 54.6 Å². The van der Waals surface area contributed by atoms with Crippen LogP contribution in [-0.4, -0.2) is 23.6 Å². The lowest BCUT2D eigenvalue weighted by molar-refractivity contribution is -0.116. The number of amides is 2. The molecule has 0 spiro atoms. The highest BCUT2D eigenvalue weighted by Gasteiger charge is 2.26. The van der Waals surface area contributed by atoms with Gasteiger partial charge in [-0.15, -0.1) is 11.8 Å². The molecule has 0 fully saturated rings. The molecule has 1 N–H and O–H groups in total. The first-order valence-corrected chi connectivity index (χ1v) is 12.0. The summed E-state index contributed by atoms with van der Waals surface area (Å²) in [7, 11) is 0. The maximum atomic E-state index is 12.9. The van der Waals surface area contributed by atoms with Gasteiger partial charge in [-0.25, -0.2) is 0 Å². The van der Waals surface area contributed by atoms with Gasteiger partial charge in [-0.2, -0.15) is 0 Å². The van der Waals surface area contributed by atoms with E-state index in [0.29, 0.717) is 17.9 Å². The summed E-state index contributed by atoms with van der Waals surface area (Å²) in [6.45, 7) is 4.60. The first kappa shape index (κ1) is 22.2. The molecule has 1 atom stereocenters. The predicted molar refractivity (Wildman–Crippen MR) is 131 cm³/mol. The number of rotatable bonds is 7. The summed E-state index contributed by atoms with van der Waals surface area (Å²) in [5, 5.41) is 3.11. The Balaban J connectivity index is 1.47. The van der Waals surface area contributed by atoms with Crippen molar-refractivity contribution in [2.24, 2.45) is 0 Å². The molecular formula is C27H28N2O2S. The van der Waals surface area contributed by atoms with Crippen molar-refractivity contribution in [3.05, 3.63) is 95.1 Å². The third-order valence-corrected chi connectivity index (χ3v) is 6.89. The molecular weight excluding hydrogens is 416 g/mol. The molecule has 1 heterocycles. The highest BCUT2D eigenvalue weighted by atomic mass is 32.2. The van der Waals surface area contributed by atoms with E-state index in [2.05, 4.69) is 36.5 Å². The molecule has 164 valence electrons. The summed E-state index contributed by atoms with van der Waals surface area (Å²) in [5.74, 6) is 0.382. The Hall–Kier alpha value is -3.05. The first-order chi connectivity index (χ1) is 15.5. The zero-order chi connectivity index (χ0) is 22.5. The van der Waals surface area contributed by atoms with Crippen molar-refractivity contribution < 1.29 is 9.59 Å². The van der Waals surface area contributed by atoms with Crippen molar-refractivity contribution >= 4 is 29.3 Å². The van der Waals surface area contributed by atoms with Crippen LogP contribution in [0.4, 0.5) is 5.69 Å². The standard InChI is InChI=1S/C27H28N2O2S/c1-19-8-6-7-11-23(19)17-29-24-16-22(14-15-25(24)32-18-26(29)30)27(31)28-20(2)12-13-21-9-4-3-5-10-21/h3-11,14-16,20H,12-13,17-18H2,1-2H3,(H,28,31)/t20-/m0/s1. The molecule has 2 amide bonds. The lowest BCUT2D eigenvalue weighted by Crippen LogP contribution is -2.36. The zero-order valence-corrected chi connectivity index (χ0v) is 19.3. The lowest BCUT2D eigenvalue weighted by Gasteiger charge is -2.30. The van der Waals surface area contributed by atoms with Crippen LogP contribution in [0.5, 0.6) is 0 Å². The maximum Gasteiger partial charge on any atom is 0.251 e. The highest BCUT2D eigenvalue weighted by Crippen LogP contribution is 2.37. The first-order valence-electron chi connectivity index (χ1n) is 11.0. The average Bonchev–Trinajstić information content (AvgIpc) is 2.81. The molecule has 0 aliphatic carbocycles. The molecule has 0 saturated heterocycles. The molecule has 0 aromatic heterocycles. The van der Waals surface area contributed by atoms with Crippen LogP contribution in [0.15, 0.2) is 77.7 Å². The summed E-state index contributed by atoms with van der Waals surface area (Å²) in [6, 6.07) is 24.1. The van der Waals surface area contributed by atoms with E-state index in [4.69, 9.17) is 0 Å². The molecule has 0 radical (unpaired) electrons. The molecule has 5 heteroatoms. The number of benzene rings is 3. The van der Waals surface area contributed by atoms with Crippen molar-refractivity contribution in [1.82, 2.24) is 5.32 Å². The van der Waals surface area contributed by atoms with Crippen LogP contribution >= 0.6 is 11.8 Å². The van der Waals surface area contributed by atoms with Gasteiger partial charge in [-0.3, -0.25) is 9.59 Å². The van der Waals surface area contributed by atoms with E-state index < -0.39 is 0 Å². The van der Waals surface area contributed by atoms with Crippen LogP contribution in [0.25, 0.3) is 0 Å². The Bertz CT molecular complexity index is 1110. The molecule has 0 unspecified atom stereocenters. The fourth-order valence-electron chi connectivity index (χ4n) is 3.88. The van der Waals surface area contributed by atoms with Crippen LogP contribution in [0.3, 0.4) is 0 Å². The Morgan fingerprint density at radius 1 is 1.06 bits per heavy atom. The number of anilines is 1. The minimum atomic E-state index is -0.104. The summed E-state index contributed by atoms with van der Waals surface area (Å²) < 4.78 is 0. The van der Waals surface area contributed by atoms with Crippen LogP contribution in [-0.2, 0) is 17.8 Å². The molecule has 0 bridgehead atoms. The second-order valence-electron chi connectivity index (χ2n) is 8.28. The Morgan fingerprint density at radius 2 is 1.81 bits per heavy atom. The second kappa shape index (κ2) is 10.0. The number of hydrogen-bond acceptors (Lipinski definition) is 3. The minimum absolute atomic E-state index is 0.0535. The van der Waals surface area contributed by atoms with E-state index in [1.54, 1.807) is 0 Å². The molecule has 3 aromatic rings. The summed E-state index contributed by atoms with van der Waals surface area (Å²) in [4.78, 5) is 28.5. The SMILES string of the molecule is Cc1ccccc1CN1C(=O)CSc2ccc(C(=O)N[C@@H](C)CCc3ccccc3)cc21. The van der Waals surface area contributed by atoms with Crippen molar-refractivity contribution in [2.75, 3.05) is 10.7 Å². The summed E-state index contributed by atoms with van der Waals surface area (Å²) in [6.07, 6.45) is 1.79. The Labute approximate surface area is 194 Å². The smallest absolute Gasteiger partial charge is 0.251 e. The van der Waals surface area contributed by atoms with E-state index in [-0.39, 0.29) is 17.9 Å². The second-order valence-corrected chi connectivity index (χ2v) is 9.29. The number of fused-ring (bicyclic) bond motifs is 1. The summed E-state index contributed by atoms with van der Waals surface area (Å²) >= 11 is 1.53. The van der Waals surface area contributed by atoms with E-state index in [9.17, 15) is 9.59 Å². The number of thioether (sulfide) groups is 1. The topological polar surface area (TPSA) is 49.4 Å². The van der Waals surface area contributed by atoms with Gasteiger partial charge < -0.3 is 10.2 Å². The molecule has 4 nitrogen and oxygen atoms in total. The van der Waals surface area contributed by atoms with Gasteiger partial charge in [-0.05, 0) is 61.6 Å². The van der Waals surface area contributed by atoms with E-state index in [1.807, 2.05) is 60.4 Å². The van der Waals surface area contributed by atoms with E-state index in [1.165, 1.54) is 17.3 Å². The third kappa shape index (κ3) is 5.22. The van der Waals surface area contributed by atoms with Gasteiger partial charge in [0.05, 0.1) is 18.0 Å². The molecule has 1 aliphatic rings. The number of hydrogen-bond donors (Lipinski definition) is 1. The third-order valence-electron chi connectivity index (χ3n) is 5.84. The quantitative estimate of drug-likeness (QED) is 0.532. The van der Waals surface area contributed by atoms with Gasteiger partial charge in [0.25, 0.3) is 5.91 Å². The lowest BCUT2D eigenvalue weighted by atomic mass is 10.1. The van der Waals surface area contributed by atoms with Gasteiger partial charge in [0, 0.05) is 16.5 Å². The Kier molecular flexibility index (Phi) is 6.96. The van der Waals surface area contributed by atoms with Gasteiger partial charge in [0.1, 0.15) is 0 Å². The van der Waals surface area contributed by atoms with Crippen molar-refractivity contribution in [3.8, 4) is 0 Å². The summed E-state index contributed by atoms with van der Waals surface area (Å²) in [5.41, 5.74) is 4.94. The predicted octanol–water partition coefficient (Wildman–Crippen LogP) is 5.39. The molecule has 1 aliphatic heterocycles. The van der Waals surface area contributed by atoms with Gasteiger partial charge >= 0.3 is 0 Å². The molecule has 4 rings (SSSR count). The van der Waals surface area contributed by atoms with Crippen LogP contribution < -0.4 is 10.2 Å². The number of nitrogens with one attached hydrogen (secondary N) is 1. The zero-order valence-electron chi connectivity index (χ0n) is 18.5. The number of carbonyl (C=O) groups excluding carboxylic acids is 2. The van der Waals surface area contributed by atoms with Gasteiger partial charge in [0.15, 0.2) is 0 Å². The highest BCUT2D eigenvalue weighted by molar-refractivity contribution is 8.00. The number of nitrogens with zero attached hydrogens (tertiary/aromatic N) is 1. The number of carbonyl (C=O) groups is 2. The van der Waals surface area contributed by atoms with E-state index >= 15 is 0 Å². The fourth-order valence-corrected chi connectivity index (χ4v) is 4.80. The van der Waals surface area contributed by atoms with Crippen molar-refractivity contribution in [3.63, 3.8) is 0 Å². The van der Waals surface area contributed by atoms with Gasteiger partial charge in [0.2, 0.25) is 5.91 Å². The fraction of sp³-hybridized carbons (Fsp3) is 0.259. The largest absolute Gasteiger partial charge is 0.350 e. The average molecular weight is 445 g/mol. The minimum Gasteiger partial charge on any atom is -0.350 e. The number of aryl methyl sites for hydroxylation is 2. The molecule has 3 aromatic carbocycles. The Morgan fingerprint density at radius 3 is 2.59 bits per heavy atom. The van der Waals surface area contributed by atoms with Crippen molar-refractivity contribution in [2.45, 2.75) is 44.2 Å². The monoisotopic (exact) mass is 444 g/mol. The normalized spacial score (nSPS) is 14.1. The maximum absolute atomic E-state index is 12.9. The van der Waals surface area contributed by atoms with E-state index in [0.717, 1.165) is 34.6 Å². The van der Waals surface area contributed by atoms with Crippen LogP contribution in [0.1, 0.15) is 40.4 Å².